The van der Waals surface area contributed by atoms with E-state index >= 15 is 0 Å². The molecule has 2 amide bonds. The summed E-state index contributed by atoms with van der Waals surface area (Å²) in [4.78, 5) is 38.1. The van der Waals surface area contributed by atoms with Crippen LogP contribution in [0.5, 0.6) is 0 Å². The Morgan fingerprint density at radius 3 is 2.44 bits per heavy atom. The van der Waals surface area contributed by atoms with E-state index < -0.39 is 34.9 Å². The minimum absolute atomic E-state index is 0.269. The molecule has 1 aromatic heterocycles. The molecule has 1 atom stereocenters. The summed E-state index contributed by atoms with van der Waals surface area (Å²) in [6.45, 7) is 6.61. The zero-order valence-electron chi connectivity index (χ0n) is 23.8. The number of rotatable bonds is 9. The fourth-order valence-electron chi connectivity index (χ4n) is 4.76. The Morgan fingerprint density at radius 1 is 1.12 bits per heavy atom. The highest BCUT2D eigenvalue weighted by molar-refractivity contribution is 5.90. The first-order chi connectivity index (χ1) is 19.5. The van der Waals surface area contributed by atoms with Crippen LogP contribution in [0.4, 0.5) is 4.79 Å². The number of aromatic nitrogens is 1. The van der Waals surface area contributed by atoms with Crippen LogP contribution in [0, 0.1) is 11.3 Å². The average Bonchev–Trinajstić information content (AvgIpc) is 3.25. The average molecular weight is 565 g/mol. The third-order valence-corrected chi connectivity index (χ3v) is 6.90. The first-order valence-corrected chi connectivity index (χ1v) is 13.5. The quantitative estimate of drug-likeness (QED) is 0.402. The molecular formula is C30H36N4O7. The molecule has 11 heteroatoms. The zero-order valence-corrected chi connectivity index (χ0v) is 23.8. The van der Waals surface area contributed by atoms with Crippen molar-refractivity contribution < 1.29 is 28.2 Å². The van der Waals surface area contributed by atoms with Crippen molar-refractivity contribution in [3.8, 4) is 17.2 Å². The van der Waals surface area contributed by atoms with Crippen LogP contribution < -0.4 is 16.4 Å². The van der Waals surface area contributed by atoms with Crippen LogP contribution in [-0.4, -0.2) is 60.7 Å². The number of ether oxygens (including phenoxy) is 3. The number of oxazole rings is 1. The fraction of sp³-hybridized carbons (Fsp3) is 0.467. The molecule has 0 saturated carbocycles. The molecule has 4 rings (SSSR count). The molecular weight excluding hydrogens is 528 g/mol. The molecule has 1 aliphatic heterocycles. The largest absolute Gasteiger partial charge is 0.444 e. The number of methoxy groups -OCH3 is 1. The first-order valence-electron chi connectivity index (χ1n) is 13.5. The van der Waals surface area contributed by atoms with E-state index in [0.717, 1.165) is 16.7 Å². The van der Waals surface area contributed by atoms with Crippen LogP contribution in [0.15, 0.2) is 51.7 Å². The lowest BCUT2D eigenvalue weighted by atomic mass is 9.88. The van der Waals surface area contributed by atoms with Gasteiger partial charge in [0, 0.05) is 39.6 Å². The molecule has 1 saturated heterocycles. The normalized spacial score (nSPS) is 15.6. The van der Waals surface area contributed by atoms with Crippen molar-refractivity contribution in [2.75, 3.05) is 26.9 Å². The van der Waals surface area contributed by atoms with Gasteiger partial charge in [0.15, 0.2) is 5.58 Å². The number of fused-ring (bicyclic) bond motifs is 1. The lowest BCUT2D eigenvalue weighted by Crippen LogP contribution is -2.63. The number of hydrogen-bond acceptors (Lipinski definition) is 8. The van der Waals surface area contributed by atoms with Crippen LogP contribution in [0.1, 0.15) is 39.2 Å². The van der Waals surface area contributed by atoms with Gasteiger partial charge < -0.3 is 29.3 Å². The van der Waals surface area contributed by atoms with Crippen LogP contribution in [0.25, 0.3) is 22.2 Å². The van der Waals surface area contributed by atoms with Crippen LogP contribution in [0.3, 0.4) is 0 Å². The van der Waals surface area contributed by atoms with Crippen molar-refractivity contribution >= 4 is 23.1 Å². The monoisotopic (exact) mass is 564 g/mol. The Hall–Kier alpha value is -4.14. The maximum absolute atomic E-state index is 13.4. The van der Waals surface area contributed by atoms with E-state index in [0.29, 0.717) is 37.5 Å². The summed E-state index contributed by atoms with van der Waals surface area (Å²) in [5.41, 5.74) is 1.91. The Balaban J connectivity index is 1.46. The lowest BCUT2D eigenvalue weighted by Gasteiger charge is -2.37. The molecule has 11 nitrogen and oxygen atoms in total. The van der Waals surface area contributed by atoms with Crippen molar-refractivity contribution in [3.63, 3.8) is 0 Å². The minimum Gasteiger partial charge on any atom is -0.444 e. The molecule has 1 fully saturated rings. The maximum atomic E-state index is 13.4. The number of benzene rings is 2. The van der Waals surface area contributed by atoms with Crippen molar-refractivity contribution in [2.45, 2.75) is 63.8 Å². The molecule has 1 aliphatic rings. The molecule has 0 spiro atoms. The van der Waals surface area contributed by atoms with E-state index in [1.165, 1.54) is 0 Å². The number of nitriles is 1. The Morgan fingerprint density at radius 2 is 1.80 bits per heavy atom. The SMILES string of the molecule is COCCn1c(=O)oc2ccc(-c3ccc(C[C@@H](C#N)NC(=O)C4(NC(=O)OC(C)(C)C)CCOCC4)cc3)cc21. The number of carbonyl (C=O) groups is 2. The van der Waals surface area contributed by atoms with Gasteiger partial charge in [-0.15, -0.1) is 0 Å². The highest BCUT2D eigenvalue weighted by Crippen LogP contribution is 2.26. The molecule has 0 unspecified atom stereocenters. The standard InChI is InChI=1S/C30H36N4O7/c1-29(2,3)41-27(36)33-30(11-14-39-15-12-30)26(35)32-23(19-31)17-20-5-7-21(8-6-20)22-9-10-25-24(18-22)34(13-16-38-4)28(37)40-25/h5-10,18,23H,11-17H2,1-4H3,(H,32,35)(H,33,36)/t23-/m0/s1. The van der Waals surface area contributed by atoms with E-state index in [-0.39, 0.29) is 19.3 Å². The van der Waals surface area contributed by atoms with Crippen LogP contribution in [0.2, 0.25) is 0 Å². The highest BCUT2D eigenvalue weighted by atomic mass is 16.6. The molecule has 218 valence electrons. The number of hydrogen-bond donors (Lipinski definition) is 2. The second kappa shape index (κ2) is 12.6. The zero-order chi connectivity index (χ0) is 29.6. The van der Waals surface area contributed by atoms with Gasteiger partial charge in [0.2, 0.25) is 5.91 Å². The third kappa shape index (κ3) is 7.34. The molecule has 3 aromatic rings. The predicted octanol–water partition coefficient (Wildman–Crippen LogP) is 3.53. The van der Waals surface area contributed by atoms with Crippen molar-refractivity contribution in [1.82, 2.24) is 15.2 Å². The van der Waals surface area contributed by atoms with E-state index in [1.807, 2.05) is 36.4 Å². The van der Waals surface area contributed by atoms with Crippen molar-refractivity contribution in [2.24, 2.45) is 0 Å². The third-order valence-electron chi connectivity index (χ3n) is 6.90. The van der Waals surface area contributed by atoms with Gasteiger partial charge in [0.1, 0.15) is 17.2 Å². The second-order valence-electron chi connectivity index (χ2n) is 11.1. The first kappa shape index (κ1) is 29.8. The smallest absolute Gasteiger partial charge is 0.420 e. The van der Waals surface area contributed by atoms with E-state index in [4.69, 9.17) is 18.6 Å². The van der Waals surface area contributed by atoms with E-state index in [2.05, 4.69) is 16.7 Å². The number of nitrogens with zero attached hydrogens (tertiary/aromatic N) is 2. The second-order valence-corrected chi connectivity index (χ2v) is 11.1. The number of carbonyl (C=O) groups excluding carboxylic acids is 2. The number of nitrogens with one attached hydrogen (secondary N) is 2. The van der Waals surface area contributed by atoms with E-state index in [9.17, 15) is 19.6 Å². The van der Waals surface area contributed by atoms with Gasteiger partial charge in [0.25, 0.3) is 0 Å². The molecule has 2 N–H and O–H groups in total. The van der Waals surface area contributed by atoms with Crippen LogP contribution >= 0.6 is 0 Å². The van der Waals surface area contributed by atoms with Crippen molar-refractivity contribution in [3.05, 3.63) is 58.6 Å². The summed E-state index contributed by atoms with van der Waals surface area (Å²) in [6, 6.07) is 14.5. The van der Waals surface area contributed by atoms with Gasteiger partial charge in [-0.1, -0.05) is 30.3 Å². The fourth-order valence-corrected chi connectivity index (χ4v) is 4.76. The summed E-state index contributed by atoms with van der Waals surface area (Å²) in [6.07, 6.45) is 0.123. The van der Waals surface area contributed by atoms with Crippen molar-refractivity contribution in [1.29, 1.82) is 5.26 Å². The maximum Gasteiger partial charge on any atom is 0.420 e. The molecule has 0 aliphatic carbocycles. The molecule has 41 heavy (non-hydrogen) atoms. The highest BCUT2D eigenvalue weighted by Gasteiger charge is 2.43. The minimum atomic E-state index is -1.23. The van der Waals surface area contributed by atoms with E-state index in [1.54, 1.807) is 38.5 Å². The topological polar surface area (TPSA) is 145 Å². The molecule has 0 radical (unpaired) electrons. The van der Waals surface area contributed by atoms with Gasteiger partial charge in [-0.2, -0.15) is 5.26 Å². The van der Waals surface area contributed by atoms with Gasteiger partial charge in [-0.3, -0.25) is 9.36 Å². The lowest BCUT2D eigenvalue weighted by molar-refractivity contribution is -0.132. The Bertz CT molecular complexity index is 1470. The molecule has 0 bridgehead atoms. The van der Waals surface area contributed by atoms with Gasteiger partial charge in [0.05, 0.1) is 24.7 Å². The summed E-state index contributed by atoms with van der Waals surface area (Å²) in [5.74, 6) is -0.874. The summed E-state index contributed by atoms with van der Waals surface area (Å²) >= 11 is 0. The Labute approximate surface area is 238 Å². The van der Waals surface area contributed by atoms with Gasteiger partial charge in [-0.25, -0.2) is 9.59 Å². The number of amides is 2. The van der Waals surface area contributed by atoms with Gasteiger partial charge >= 0.3 is 11.8 Å². The molecule has 2 aromatic carbocycles. The van der Waals surface area contributed by atoms with Gasteiger partial charge in [-0.05, 0) is 49.6 Å². The predicted molar refractivity (Wildman–Crippen MR) is 151 cm³/mol. The summed E-state index contributed by atoms with van der Waals surface area (Å²) in [5, 5.41) is 15.4. The Kier molecular flexibility index (Phi) is 9.15. The summed E-state index contributed by atoms with van der Waals surface area (Å²) in [7, 11) is 1.58. The molecule has 2 heterocycles. The number of alkyl carbamates (subject to hydrolysis) is 1. The van der Waals surface area contributed by atoms with Crippen LogP contribution in [-0.2, 0) is 32.0 Å². The summed E-state index contributed by atoms with van der Waals surface area (Å²) < 4.78 is 22.8.